The smallest absolute Gasteiger partial charge is 0.236 e. The highest BCUT2D eigenvalue weighted by atomic mass is 16.4. The lowest BCUT2D eigenvalue weighted by molar-refractivity contribution is -0.139. The third-order valence-corrected chi connectivity index (χ3v) is 5.17. The van der Waals surface area contributed by atoms with Crippen LogP contribution in [0, 0.1) is 17.3 Å². The number of likely N-dealkylation sites (tertiary alicyclic amines) is 1. The average Bonchev–Trinajstić information content (AvgIpc) is 2.96. The topological polar surface area (TPSA) is 78.9 Å². The van der Waals surface area contributed by atoms with Gasteiger partial charge in [-0.25, -0.2) is 0 Å². The zero-order valence-corrected chi connectivity index (χ0v) is 12.6. The van der Waals surface area contributed by atoms with Gasteiger partial charge in [-0.05, 0) is 31.1 Å². The van der Waals surface area contributed by atoms with Crippen molar-refractivity contribution in [1.29, 1.82) is 0 Å². The average molecular weight is 281 g/mol. The van der Waals surface area contributed by atoms with Crippen LogP contribution in [0.3, 0.4) is 0 Å². The third kappa shape index (κ3) is 2.63. The van der Waals surface area contributed by atoms with Crippen molar-refractivity contribution in [3.63, 3.8) is 0 Å². The van der Waals surface area contributed by atoms with E-state index in [9.17, 15) is 4.79 Å². The molecule has 2 fully saturated rings. The lowest BCUT2D eigenvalue weighted by atomic mass is 9.72. The first-order valence-electron chi connectivity index (χ1n) is 7.78. The number of nitrogens with two attached hydrogens (primary N) is 1. The Hall–Kier alpha value is -1.26. The Bertz CT molecular complexity index is 387. The predicted molar refractivity (Wildman–Crippen MR) is 78.5 cm³/mol. The SMILES string of the molecule is CC(C)C1CCN(C(=O)C2(C(N)=NO)CCCCC2)C1. The maximum Gasteiger partial charge on any atom is 0.236 e. The number of carbonyl (C=O) groups is 1. The lowest BCUT2D eigenvalue weighted by Gasteiger charge is -2.37. The Kier molecular flexibility index (Phi) is 4.55. The summed E-state index contributed by atoms with van der Waals surface area (Å²) in [6.45, 7) is 6.04. The largest absolute Gasteiger partial charge is 0.409 e. The highest BCUT2D eigenvalue weighted by Gasteiger charge is 2.47. The molecule has 0 radical (unpaired) electrons. The molecule has 0 bridgehead atoms. The highest BCUT2D eigenvalue weighted by molar-refractivity contribution is 6.06. The molecule has 0 aromatic rings. The summed E-state index contributed by atoms with van der Waals surface area (Å²) in [4.78, 5) is 14.9. The van der Waals surface area contributed by atoms with Gasteiger partial charge in [0.15, 0.2) is 5.84 Å². The van der Waals surface area contributed by atoms with E-state index in [4.69, 9.17) is 10.9 Å². The molecule has 1 saturated carbocycles. The molecule has 0 aromatic carbocycles. The molecule has 114 valence electrons. The first-order valence-corrected chi connectivity index (χ1v) is 7.78. The van der Waals surface area contributed by atoms with Gasteiger partial charge in [0, 0.05) is 13.1 Å². The van der Waals surface area contributed by atoms with Crippen molar-refractivity contribution in [1.82, 2.24) is 4.90 Å². The van der Waals surface area contributed by atoms with Crippen molar-refractivity contribution in [2.45, 2.75) is 52.4 Å². The summed E-state index contributed by atoms with van der Waals surface area (Å²) >= 11 is 0. The number of amidine groups is 1. The summed E-state index contributed by atoms with van der Waals surface area (Å²) < 4.78 is 0. The minimum Gasteiger partial charge on any atom is -0.409 e. The molecule has 1 heterocycles. The summed E-state index contributed by atoms with van der Waals surface area (Å²) in [5.74, 6) is 1.36. The second-order valence-corrected chi connectivity index (χ2v) is 6.67. The Morgan fingerprint density at radius 2 is 2.00 bits per heavy atom. The first kappa shape index (κ1) is 15.1. The molecule has 1 unspecified atom stereocenters. The number of hydrogen-bond acceptors (Lipinski definition) is 3. The van der Waals surface area contributed by atoms with Gasteiger partial charge in [0.2, 0.25) is 5.91 Å². The van der Waals surface area contributed by atoms with Crippen molar-refractivity contribution in [2.75, 3.05) is 13.1 Å². The summed E-state index contributed by atoms with van der Waals surface area (Å²) in [5.41, 5.74) is 5.15. The minimum absolute atomic E-state index is 0.0793. The van der Waals surface area contributed by atoms with E-state index in [-0.39, 0.29) is 11.7 Å². The molecule has 0 spiro atoms. The van der Waals surface area contributed by atoms with Crippen LogP contribution in [0.15, 0.2) is 5.16 Å². The Labute approximate surface area is 121 Å². The van der Waals surface area contributed by atoms with Gasteiger partial charge in [0.05, 0.1) is 0 Å². The second-order valence-electron chi connectivity index (χ2n) is 6.67. The van der Waals surface area contributed by atoms with Gasteiger partial charge >= 0.3 is 0 Å². The molecule has 1 amide bonds. The molecule has 1 saturated heterocycles. The molecular formula is C15H27N3O2. The van der Waals surface area contributed by atoms with Crippen LogP contribution in [0.1, 0.15) is 52.4 Å². The molecule has 20 heavy (non-hydrogen) atoms. The van der Waals surface area contributed by atoms with Crippen LogP contribution in [0.2, 0.25) is 0 Å². The van der Waals surface area contributed by atoms with Crippen molar-refractivity contribution in [3.05, 3.63) is 0 Å². The van der Waals surface area contributed by atoms with E-state index in [1.807, 2.05) is 4.90 Å². The van der Waals surface area contributed by atoms with Crippen LogP contribution in [0.5, 0.6) is 0 Å². The van der Waals surface area contributed by atoms with Gasteiger partial charge in [-0.3, -0.25) is 4.79 Å². The number of rotatable bonds is 3. The van der Waals surface area contributed by atoms with Crippen molar-refractivity contribution in [2.24, 2.45) is 28.1 Å². The number of oxime groups is 1. The van der Waals surface area contributed by atoms with Gasteiger partial charge in [0.1, 0.15) is 5.41 Å². The van der Waals surface area contributed by atoms with Crippen LogP contribution in [-0.2, 0) is 4.79 Å². The van der Waals surface area contributed by atoms with E-state index in [1.165, 1.54) is 0 Å². The fraction of sp³-hybridized carbons (Fsp3) is 0.867. The zero-order chi connectivity index (χ0) is 14.8. The fourth-order valence-electron chi connectivity index (χ4n) is 3.65. The van der Waals surface area contributed by atoms with Crippen LogP contribution in [0.4, 0.5) is 0 Å². The monoisotopic (exact) mass is 281 g/mol. The third-order valence-electron chi connectivity index (χ3n) is 5.17. The number of carbonyl (C=O) groups excluding carboxylic acids is 1. The second kappa shape index (κ2) is 6.02. The molecular weight excluding hydrogens is 254 g/mol. The maximum atomic E-state index is 12.9. The highest BCUT2D eigenvalue weighted by Crippen LogP contribution is 2.39. The summed E-state index contributed by atoms with van der Waals surface area (Å²) in [5, 5.41) is 12.3. The van der Waals surface area contributed by atoms with Crippen molar-refractivity contribution < 1.29 is 10.0 Å². The quantitative estimate of drug-likeness (QED) is 0.360. The fourth-order valence-corrected chi connectivity index (χ4v) is 3.65. The predicted octanol–water partition coefficient (Wildman–Crippen LogP) is 2.19. The van der Waals surface area contributed by atoms with E-state index in [1.54, 1.807) is 0 Å². The molecule has 1 aliphatic heterocycles. The van der Waals surface area contributed by atoms with E-state index in [2.05, 4.69) is 19.0 Å². The molecule has 3 N–H and O–H groups in total. The standard InChI is InChI=1S/C15H27N3O2/c1-11(2)12-6-9-18(10-12)14(19)15(13(16)17-20)7-4-3-5-8-15/h11-12,20H,3-10H2,1-2H3,(H2,16,17). The van der Waals surface area contributed by atoms with E-state index >= 15 is 0 Å². The summed E-state index contributed by atoms with van der Waals surface area (Å²) in [7, 11) is 0. The maximum absolute atomic E-state index is 12.9. The Balaban J connectivity index is 2.16. The molecule has 5 heteroatoms. The van der Waals surface area contributed by atoms with Gasteiger partial charge in [-0.2, -0.15) is 0 Å². The zero-order valence-electron chi connectivity index (χ0n) is 12.6. The van der Waals surface area contributed by atoms with Gasteiger partial charge in [0.25, 0.3) is 0 Å². The number of hydrogen-bond donors (Lipinski definition) is 2. The van der Waals surface area contributed by atoms with Crippen LogP contribution in [0.25, 0.3) is 0 Å². The van der Waals surface area contributed by atoms with Crippen molar-refractivity contribution >= 4 is 11.7 Å². The Morgan fingerprint density at radius 1 is 1.35 bits per heavy atom. The molecule has 2 rings (SSSR count). The molecule has 5 nitrogen and oxygen atoms in total. The van der Waals surface area contributed by atoms with Gasteiger partial charge in [-0.15, -0.1) is 0 Å². The van der Waals surface area contributed by atoms with E-state index < -0.39 is 5.41 Å². The molecule has 1 aliphatic carbocycles. The van der Waals surface area contributed by atoms with E-state index in [0.29, 0.717) is 24.7 Å². The first-order chi connectivity index (χ1) is 9.51. The van der Waals surface area contributed by atoms with Gasteiger partial charge < -0.3 is 15.8 Å². The number of amides is 1. The van der Waals surface area contributed by atoms with Crippen molar-refractivity contribution in [3.8, 4) is 0 Å². The summed E-state index contributed by atoms with van der Waals surface area (Å²) in [6, 6.07) is 0. The molecule has 0 aromatic heterocycles. The van der Waals surface area contributed by atoms with Gasteiger partial charge in [-0.1, -0.05) is 38.3 Å². The van der Waals surface area contributed by atoms with E-state index in [0.717, 1.165) is 38.8 Å². The van der Waals surface area contributed by atoms with Crippen LogP contribution < -0.4 is 5.73 Å². The minimum atomic E-state index is -0.751. The normalized spacial score (nSPS) is 27.1. The van der Waals surface area contributed by atoms with Crippen LogP contribution >= 0.6 is 0 Å². The lowest BCUT2D eigenvalue weighted by Crippen LogP contribution is -2.52. The summed E-state index contributed by atoms with van der Waals surface area (Å²) in [6.07, 6.45) is 5.57. The Morgan fingerprint density at radius 3 is 2.50 bits per heavy atom. The number of nitrogens with zero attached hydrogens (tertiary/aromatic N) is 2. The molecule has 2 aliphatic rings. The molecule has 1 atom stereocenters. The van der Waals surface area contributed by atoms with Crippen LogP contribution in [-0.4, -0.2) is 34.9 Å².